The number of nitrogen functional groups attached to an aromatic ring is 1. The number of aromatic nitrogens is 2. The minimum Gasteiger partial charge on any atom is -0.307 e. The highest BCUT2D eigenvalue weighted by Crippen LogP contribution is 1.99. The molecule has 1 aromatic rings. The monoisotopic (exact) mass is 174 g/mol. The highest BCUT2D eigenvalue weighted by atomic mass is 35.5. The summed E-state index contributed by atoms with van der Waals surface area (Å²) in [5.41, 5.74) is 3.38. The van der Waals surface area contributed by atoms with E-state index in [4.69, 9.17) is 5.84 Å². The molecular weight excluding hydrogens is 164 g/mol. The lowest BCUT2D eigenvalue weighted by Crippen LogP contribution is -2.09. The Morgan fingerprint density at radius 1 is 1.45 bits per heavy atom. The molecule has 0 aromatic carbocycles. The highest BCUT2D eigenvalue weighted by molar-refractivity contribution is 5.85. The molecule has 4 nitrogen and oxygen atoms in total. The molecule has 0 bridgehead atoms. The zero-order chi connectivity index (χ0) is 7.40. The molecule has 1 heterocycles. The van der Waals surface area contributed by atoms with Gasteiger partial charge in [-0.3, -0.25) is 0 Å². The van der Waals surface area contributed by atoms with Crippen molar-refractivity contribution in [2.45, 2.75) is 13.3 Å². The third kappa shape index (κ3) is 2.69. The Bertz CT molecular complexity index is 175. The fourth-order valence-corrected chi connectivity index (χ4v) is 0.625. The third-order valence-electron chi connectivity index (χ3n) is 1.23. The second kappa shape index (κ2) is 4.87. The summed E-state index contributed by atoms with van der Waals surface area (Å²) in [5.74, 6) is 5.68. The summed E-state index contributed by atoms with van der Waals surface area (Å²) in [4.78, 5) is 0. The van der Waals surface area contributed by atoms with Crippen LogP contribution in [0.5, 0.6) is 0 Å². The van der Waals surface area contributed by atoms with Crippen LogP contribution in [0.3, 0.4) is 0 Å². The van der Waals surface area contributed by atoms with Gasteiger partial charge in [0, 0.05) is 0 Å². The van der Waals surface area contributed by atoms with E-state index in [0.29, 0.717) is 5.82 Å². The Balaban J connectivity index is 0.000001000. The van der Waals surface area contributed by atoms with Crippen molar-refractivity contribution in [3.05, 3.63) is 17.8 Å². The van der Waals surface area contributed by atoms with Crippen molar-refractivity contribution in [1.29, 1.82) is 0 Å². The predicted octanol–water partition coefficient (Wildman–Crippen LogP) is 0.746. The van der Waals surface area contributed by atoms with Crippen LogP contribution in [0.2, 0.25) is 0 Å². The molecule has 0 aliphatic carbocycles. The van der Waals surface area contributed by atoms with Crippen molar-refractivity contribution in [3.63, 3.8) is 0 Å². The molecule has 11 heavy (non-hydrogen) atoms. The second-order valence-electron chi connectivity index (χ2n) is 1.91. The van der Waals surface area contributed by atoms with E-state index < -0.39 is 0 Å². The van der Waals surface area contributed by atoms with Gasteiger partial charge >= 0.3 is 0 Å². The van der Waals surface area contributed by atoms with Crippen LogP contribution in [0, 0.1) is 0 Å². The van der Waals surface area contributed by atoms with Crippen LogP contribution in [0.4, 0.5) is 5.82 Å². The van der Waals surface area contributed by atoms with E-state index in [9.17, 15) is 0 Å². The van der Waals surface area contributed by atoms with Gasteiger partial charge in [0.25, 0.3) is 0 Å². The molecule has 0 amide bonds. The lowest BCUT2D eigenvalue weighted by molar-refractivity contribution is 0.918. The van der Waals surface area contributed by atoms with Gasteiger partial charge in [-0.25, -0.2) is 5.84 Å². The fourth-order valence-electron chi connectivity index (χ4n) is 0.625. The van der Waals surface area contributed by atoms with Gasteiger partial charge in [0.05, 0.1) is 5.69 Å². The Hall–Kier alpha value is -0.870. The van der Waals surface area contributed by atoms with Crippen LogP contribution in [0.25, 0.3) is 0 Å². The topological polar surface area (TPSA) is 63.8 Å². The van der Waals surface area contributed by atoms with E-state index in [1.54, 1.807) is 6.07 Å². The van der Waals surface area contributed by atoms with Gasteiger partial charge in [-0.2, -0.15) is 5.10 Å². The van der Waals surface area contributed by atoms with Crippen molar-refractivity contribution in [2.75, 3.05) is 5.43 Å². The molecular formula is C6H11ClN4. The molecule has 5 heteroatoms. The van der Waals surface area contributed by atoms with Crippen molar-refractivity contribution < 1.29 is 0 Å². The molecule has 0 atom stereocenters. The number of hydrazine groups is 1. The number of hydrogen-bond acceptors (Lipinski definition) is 4. The fraction of sp³-hybridized carbons (Fsp3) is 0.333. The second-order valence-corrected chi connectivity index (χ2v) is 1.91. The standard InChI is InChI=1S/C6H10N4.ClH/c1-2-5-3-4-6(8-7)10-9-5;/h3-4H,2,7H2,1H3,(H,8,10);1H. The zero-order valence-corrected chi connectivity index (χ0v) is 7.06. The molecule has 1 rings (SSSR count). The molecule has 0 saturated carbocycles. The molecule has 3 N–H and O–H groups in total. The minimum absolute atomic E-state index is 0. The van der Waals surface area contributed by atoms with E-state index in [1.165, 1.54) is 0 Å². The predicted molar refractivity (Wildman–Crippen MR) is 46.5 cm³/mol. The minimum atomic E-state index is 0. The lowest BCUT2D eigenvalue weighted by Gasteiger charge is -1.96. The lowest BCUT2D eigenvalue weighted by atomic mass is 10.3. The molecule has 0 saturated heterocycles. The van der Waals surface area contributed by atoms with Gasteiger partial charge in [0.2, 0.25) is 0 Å². The number of nitrogens with zero attached hydrogens (tertiary/aromatic N) is 2. The van der Waals surface area contributed by atoms with Crippen molar-refractivity contribution in [1.82, 2.24) is 10.2 Å². The normalized spacial score (nSPS) is 8.55. The van der Waals surface area contributed by atoms with Crippen LogP contribution < -0.4 is 11.3 Å². The highest BCUT2D eigenvalue weighted by Gasteiger charge is 1.91. The summed E-state index contributed by atoms with van der Waals surface area (Å²) in [6.07, 6.45) is 0.901. The molecule has 1 aromatic heterocycles. The van der Waals surface area contributed by atoms with Crippen LogP contribution in [0.15, 0.2) is 12.1 Å². The summed E-state index contributed by atoms with van der Waals surface area (Å²) in [7, 11) is 0. The van der Waals surface area contributed by atoms with E-state index in [1.807, 2.05) is 13.0 Å². The van der Waals surface area contributed by atoms with Crippen LogP contribution in [0.1, 0.15) is 12.6 Å². The summed E-state index contributed by atoms with van der Waals surface area (Å²) < 4.78 is 0. The number of hydrogen-bond donors (Lipinski definition) is 2. The Kier molecular flexibility index (Phi) is 4.49. The average Bonchev–Trinajstić information content (AvgIpc) is 2.05. The first-order chi connectivity index (χ1) is 4.86. The number of rotatable bonds is 2. The largest absolute Gasteiger partial charge is 0.307 e. The average molecular weight is 175 g/mol. The number of nitrogens with two attached hydrogens (primary N) is 1. The van der Waals surface area contributed by atoms with Gasteiger partial charge in [0.15, 0.2) is 5.82 Å². The maximum atomic E-state index is 5.09. The molecule has 0 radical (unpaired) electrons. The first-order valence-electron chi connectivity index (χ1n) is 3.16. The smallest absolute Gasteiger partial charge is 0.162 e. The zero-order valence-electron chi connectivity index (χ0n) is 6.24. The number of nitrogens with one attached hydrogen (secondary N) is 1. The van der Waals surface area contributed by atoms with Crippen molar-refractivity contribution in [2.24, 2.45) is 5.84 Å². The number of anilines is 1. The number of aryl methyl sites for hydroxylation is 1. The van der Waals surface area contributed by atoms with E-state index in [-0.39, 0.29) is 12.4 Å². The van der Waals surface area contributed by atoms with Crippen LogP contribution in [-0.2, 0) is 6.42 Å². The molecule has 0 spiro atoms. The Labute approximate surface area is 71.6 Å². The van der Waals surface area contributed by atoms with E-state index in [2.05, 4.69) is 15.6 Å². The van der Waals surface area contributed by atoms with E-state index >= 15 is 0 Å². The van der Waals surface area contributed by atoms with Crippen LogP contribution >= 0.6 is 12.4 Å². The van der Waals surface area contributed by atoms with Gasteiger partial charge in [-0.1, -0.05) is 6.92 Å². The molecule has 0 aliphatic rings. The SMILES string of the molecule is CCc1ccc(NN)nn1.Cl. The summed E-state index contributed by atoms with van der Waals surface area (Å²) in [6.45, 7) is 2.03. The molecule has 0 unspecified atom stereocenters. The van der Waals surface area contributed by atoms with Gasteiger partial charge < -0.3 is 5.43 Å². The third-order valence-corrected chi connectivity index (χ3v) is 1.23. The Morgan fingerprint density at radius 2 is 2.18 bits per heavy atom. The molecule has 62 valence electrons. The van der Waals surface area contributed by atoms with Crippen molar-refractivity contribution >= 4 is 18.2 Å². The molecule has 0 aliphatic heterocycles. The quantitative estimate of drug-likeness (QED) is 0.513. The maximum absolute atomic E-state index is 5.09. The van der Waals surface area contributed by atoms with Gasteiger partial charge in [-0.05, 0) is 18.6 Å². The first-order valence-corrected chi connectivity index (χ1v) is 3.16. The molecule has 0 fully saturated rings. The maximum Gasteiger partial charge on any atom is 0.162 e. The first kappa shape index (κ1) is 10.1. The summed E-state index contributed by atoms with van der Waals surface area (Å²) >= 11 is 0. The van der Waals surface area contributed by atoms with Gasteiger partial charge in [-0.15, -0.1) is 17.5 Å². The summed E-state index contributed by atoms with van der Waals surface area (Å²) in [5, 5.41) is 7.66. The van der Waals surface area contributed by atoms with E-state index in [0.717, 1.165) is 12.1 Å². The summed E-state index contributed by atoms with van der Waals surface area (Å²) in [6, 6.07) is 3.69. The number of halogens is 1. The van der Waals surface area contributed by atoms with Gasteiger partial charge in [0.1, 0.15) is 0 Å². The van der Waals surface area contributed by atoms with Crippen molar-refractivity contribution in [3.8, 4) is 0 Å². The Morgan fingerprint density at radius 3 is 2.55 bits per heavy atom. The van der Waals surface area contributed by atoms with Crippen LogP contribution in [-0.4, -0.2) is 10.2 Å².